The maximum atomic E-state index is 13.6. The second kappa shape index (κ2) is 4.32. The van der Waals surface area contributed by atoms with Crippen LogP contribution in [0, 0.1) is 11.2 Å². The molecule has 0 spiro atoms. The third kappa shape index (κ3) is 1.83. The van der Waals surface area contributed by atoms with Crippen LogP contribution < -0.4 is 5.73 Å². The summed E-state index contributed by atoms with van der Waals surface area (Å²) in [5.74, 6) is -0.350. The van der Waals surface area contributed by atoms with Crippen LogP contribution in [-0.4, -0.2) is 11.7 Å². The Bertz CT molecular complexity index is 387. The third-order valence-electron chi connectivity index (χ3n) is 3.62. The van der Waals surface area contributed by atoms with Gasteiger partial charge in [-0.25, -0.2) is 4.39 Å². The molecule has 0 saturated heterocycles. The molecule has 0 radical (unpaired) electrons. The van der Waals surface area contributed by atoms with Crippen molar-refractivity contribution in [3.05, 3.63) is 34.6 Å². The maximum Gasteiger partial charge on any atom is 0.128 e. The molecule has 88 valence electrons. The monoisotopic (exact) mass is 243 g/mol. The summed E-state index contributed by atoms with van der Waals surface area (Å²) in [6.45, 7) is 0.000119. The van der Waals surface area contributed by atoms with E-state index in [1.807, 2.05) is 0 Å². The molecule has 0 aromatic heterocycles. The van der Waals surface area contributed by atoms with Gasteiger partial charge in [-0.2, -0.15) is 0 Å². The van der Waals surface area contributed by atoms with Crippen LogP contribution in [0.25, 0.3) is 0 Å². The number of benzene rings is 1. The summed E-state index contributed by atoms with van der Waals surface area (Å²) in [5.41, 5.74) is 6.11. The first kappa shape index (κ1) is 11.8. The maximum absolute atomic E-state index is 13.6. The first-order valence-corrected chi connectivity index (χ1v) is 5.78. The number of nitrogens with two attached hydrogens (primary N) is 1. The van der Waals surface area contributed by atoms with Crippen molar-refractivity contribution >= 4 is 11.6 Å². The summed E-state index contributed by atoms with van der Waals surface area (Å²) in [4.78, 5) is 0. The largest absolute Gasteiger partial charge is 0.396 e. The van der Waals surface area contributed by atoms with Gasteiger partial charge in [0.05, 0.1) is 6.61 Å². The number of aliphatic hydroxyl groups is 1. The van der Waals surface area contributed by atoms with Gasteiger partial charge >= 0.3 is 0 Å². The van der Waals surface area contributed by atoms with Crippen molar-refractivity contribution < 1.29 is 9.50 Å². The van der Waals surface area contributed by atoms with Gasteiger partial charge in [0, 0.05) is 22.0 Å². The molecule has 1 fully saturated rings. The summed E-state index contributed by atoms with van der Waals surface area (Å²) in [6, 6.07) is 3.89. The summed E-state index contributed by atoms with van der Waals surface area (Å²) in [5, 5.41) is 9.86. The van der Waals surface area contributed by atoms with Gasteiger partial charge in [0.2, 0.25) is 0 Å². The van der Waals surface area contributed by atoms with Crippen molar-refractivity contribution in [3.63, 3.8) is 0 Å². The smallest absolute Gasteiger partial charge is 0.128 e. The summed E-state index contributed by atoms with van der Waals surface area (Å²) < 4.78 is 13.6. The van der Waals surface area contributed by atoms with Gasteiger partial charge in [0.25, 0.3) is 0 Å². The van der Waals surface area contributed by atoms with E-state index < -0.39 is 6.04 Å². The Kier molecular flexibility index (Phi) is 3.19. The molecule has 16 heavy (non-hydrogen) atoms. The van der Waals surface area contributed by atoms with Crippen LogP contribution in [0.1, 0.15) is 30.9 Å². The molecule has 0 amide bonds. The van der Waals surface area contributed by atoms with Crippen molar-refractivity contribution in [3.8, 4) is 0 Å². The second-order valence-corrected chi connectivity index (χ2v) is 4.95. The van der Waals surface area contributed by atoms with Crippen LogP contribution in [-0.2, 0) is 0 Å². The SMILES string of the molecule is NC(c1cc(Cl)ccc1F)C1(CO)CCC1. The zero-order valence-corrected chi connectivity index (χ0v) is 9.67. The molecule has 1 unspecified atom stereocenters. The molecule has 1 aliphatic rings. The van der Waals surface area contributed by atoms with Crippen LogP contribution in [0.5, 0.6) is 0 Å². The van der Waals surface area contributed by atoms with E-state index in [1.165, 1.54) is 12.1 Å². The van der Waals surface area contributed by atoms with Crippen LogP contribution in [0.2, 0.25) is 5.02 Å². The van der Waals surface area contributed by atoms with Gasteiger partial charge in [0.1, 0.15) is 5.82 Å². The zero-order valence-electron chi connectivity index (χ0n) is 8.92. The van der Waals surface area contributed by atoms with E-state index in [0.29, 0.717) is 10.6 Å². The molecule has 0 bridgehead atoms. The number of aliphatic hydroxyl groups excluding tert-OH is 1. The second-order valence-electron chi connectivity index (χ2n) is 4.52. The van der Waals surface area contributed by atoms with Crippen molar-refractivity contribution in [2.45, 2.75) is 25.3 Å². The molecule has 1 saturated carbocycles. The van der Waals surface area contributed by atoms with E-state index in [-0.39, 0.29) is 17.8 Å². The Morgan fingerprint density at radius 3 is 2.69 bits per heavy atom. The minimum atomic E-state index is -0.482. The van der Waals surface area contributed by atoms with Gasteiger partial charge < -0.3 is 10.8 Å². The lowest BCUT2D eigenvalue weighted by Gasteiger charge is -2.45. The topological polar surface area (TPSA) is 46.2 Å². The van der Waals surface area contributed by atoms with E-state index in [4.69, 9.17) is 17.3 Å². The molecule has 4 heteroatoms. The lowest BCUT2D eigenvalue weighted by molar-refractivity contribution is 0.0174. The fraction of sp³-hybridized carbons (Fsp3) is 0.500. The first-order chi connectivity index (χ1) is 7.59. The van der Waals surface area contributed by atoms with Gasteiger partial charge in [-0.05, 0) is 31.0 Å². The number of hydrogen-bond acceptors (Lipinski definition) is 2. The van der Waals surface area contributed by atoms with Gasteiger partial charge in [-0.1, -0.05) is 18.0 Å². The highest BCUT2D eigenvalue weighted by Gasteiger charge is 2.43. The summed E-state index contributed by atoms with van der Waals surface area (Å²) >= 11 is 5.83. The average molecular weight is 244 g/mol. The van der Waals surface area contributed by atoms with Gasteiger partial charge in [-0.15, -0.1) is 0 Å². The molecule has 1 aromatic carbocycles. The number of hydrogen-bond donors (Lipinski definition) is 2. The van der Waals surface area contributed by atoms with Crippen molar-refractivity contribution in [2.24, 2.45) is 11.1 Å². The van der Waals surface area contributed by atoms with Crippen LogP contribution in [0.15, 0.2) is 18.2 Å². The Balaban J connectivity index is 2.32. The van der Waals surface area contributed by atoms with Crippen molar-refractivity contribution in [1.29, 1.82) is 0 Å². The standard InChI is InChI=1S/C12H15ClFNO/c13-8-2-3-10(14)9(6-8)11(15)12(7-16)4-1-5-12/h2-3,6,11,16H,1,4-5,7,15H2. The van der Waals surface area contributed by atoms with Crippen LogP contribution in [0.3, 0.4) is 0 Å². The number of rotatable bonds is 3. The van der Waals surface area contributed by atoms with Crippen molar-refractivity contribution in [1.82, 2.24) is 0 Å². The quantitative estimate of drug-likeness (QED) is 0.857. The van der Waals surface area contributed by atoms with Crippen molar-refractivity contribution in [2.75, 3.05) is 6.61 Å². The number of halogens is 2. The predicted octanol–water partition coefficient (Wildman–Crippen LogP) is 2.64. The Labute approximate surface area is 99.2 Å². The highest BCUT2D eigenvalue weighted by molar-refractivity contribution is 6.30. The van der Waals surface area contributed by atoms with E-state index >= 15 is 0 Å². The van der Waals surface area contributed by atoms with E-state index in [0.717, 1.165) is 19.3 Å². The molecule has 1 atom stereocenters. The summed E-state index contributed by atoms with van der Waals surface area (Å²) in [6.07, 6.45) is 2.73. The highest BCUT2D eigenvalue weighted by Crippen LogP contribution is 2.49. The molecule has 3 N–H and O–H groups in total. The normalized spacial score (nSPS) is 20.2. The molecular formula is C12H15ClFNO. The predicted molar refractivity (Wildman–Crippen MR) is 61.7 cm³/mol. The highest BCUT2D eigenvalue weighted by atomic mass is 35.5. The molecule has 1 aliphatic carbocycles. The Hall–Kier alpha value is -0.640. The van der Waals surface area contributed by atoms with E-state index in [1.54, 1.807) is 6.07 Å². The Morgan fingerprint density at radius 2 is 2.19 bits per heavy atom. The fourth-order valence-corrected chi connectivity index (χ4v) is 2.46. The van der Waals surface area contributed by atoms with E-state index in [2.05, 4.69) is 0 Å². The lowest BCUT2D eigenvalue weighted by atomic mass is 9.63. The molecule has 0 heterocycles. The lowest BCUT2D eigenvalue weighted by Crippen LogP contribution is -2.43. The summed E-state index contributed by atoms with van der Waals surface area (Å²) in [7, 11) is 0. The van der Waals surface area contributed by atoms with Gasteiger partial charge in [0.15, 0.2) is 0 Å². The fourth-order valence-electron chi connectivity index (χ4n) is 2.28. The Morgan fingerprint density at radius 1 is 1.50 bits per heavy atom. The minimum absolute atomic E-state index is 0.000119. The van der Waals surface area contributed by atoms with Crippen LogP contribution >= 0.6 is 11.6 Å². The minimum Gasteiger partial charge on any atom is -0.396 e. The van der Waals surface area contributed by atoms with Gasteiger partial charge in [-0.3, -0.25) is 0 Å². The van der Waals surface area contributed by atoms with Crippen LogP contribution in [0.4, 0.5) is 4.39 Å². The third-order valence-corrected chi connectivity index (χ3v) is 3.85. The average Bonchev–Trinajstić information content (AvgIpc) is 2.21. The van der Waals surface area contributed by atoms with E-state index in [9.17, 15) is 9.50 Å². The molecule has 2 nitrogen and oxygen atoms in total. The molecule has 1 aromatic rings. The molecule has 2 rings (SSSR count). The zero-order chi connectivity index (χ0) is 11.8. The molecular weight excluding hydrogens is 229 g/mol. The first-order valence-electron chi connectivity index (χ1n) is 5.40. The molecule has 0 aliphatic heterocycles.